The molecule has 1 unspecified atom stereocenters. The van der Waals surface area contributed by atoms with Crippen LogP contribution in [-0.2, 0) is 9.59 Å². The van der Waals surface area contributed by atoms with E-state index in [9.17, 15) is 14.7 Å². The number of nitrogens with one attached hydrogen (secondary N) is 1. The Hall–Kier alpha value is -1.53. The van der Waals surface area contributed by atoms with Gasteiger partial charge in [0.15, 0.2) is 0 Å². The Kier molecular flexibility index (Phi) is 7.11. The molecule has 0 spiro atoms. The molecule has 0 radical (unpaired) electrons. The van der Waals surface area contributed by atoms with Crippen molar-refractivity contribution in [1.82, 2.24) is 5.32 Å². The number of hydrogen-bond acceptors (Lipinski definition) is 4. The maximum Gasteiger partial charge on any atom is 0.312 e. The third-order valence-electron chi connectivity index (χ3n) is 2.95. The van der Waals surface area contributed by atoms with Crippen LogP contribution in [0.4, 0.5) is 0 Å². The van der Waals surface area contributed by atoms with Gasteiger partial charge in [-0.05, 0) is 24.0 Å². The smallest absolute Gasteiger partial charge is 0.312 e. The first-order valence-electron chi connectivity index (χ1n) is 6.36. The summed E-state index contributed by atoms with van der Waals surface area (Å²) in [5, 5.41) is 11.9. The molecule has 5 nitrogen and oxygen atoms in total. The summed E-state index contributed by atoms with van der Waals surface area (Å²) in [6.45, 7) is 0.0468. The van der Waals surface area contributed by atoms with Crippen molar-refractivity contribution in [3.63, 3.8) is 0 Å². The molecule has 2 atom stereocenters. The van der Waals surface area contributed by atoms with Crippen LogP contribution >= 0.6 is 11.8 Å². The first-order chi connectivity index (χ1) is 9.56. The topological polar surface area (TPSA) is 92.4 Å². The molecule has 1 amide bonds. The highest BCUT2D eigenvalue weighted by Crippen LogP contribution is 2.14. The van der Waals surface area contributed by atoms with Gasteiger partial charge in [-0.2, -0.15) is 11.8 Å². The van der Waals surface area contributed by atoms with Crippen LogP contribution < -0.4 is 11.1 Å². The third kappa shape index (κ3) is 5.22. The van der Waals surface area contributed by atoms with Crippen LogP contribution in [0.15, 0.2) is 30.3 Å². The Balaban J connectivity index is 2.56. The number of carboxylic acids is 1. The number of carbonyl (C=O) groups excluding carboxylic acids is 1. The zero-order chi connectivity index (χ0) is 15.0. The van der Waals surface area contributed by atoms with Gasteiger partial charge in [-0.3, -0.25) is 9.59 Å². The molecule has 0 aliphatic carbocycles. The van der Waals surface area contributed by atoms with E-state index in [-0.39, 0.29) is 12.5 Å². The summed E-state index contributed by atoms with van der Waals surface area (Å²) in [6.07, 6.45) is 2.52. The average molecular weight is 296 g/mol. The van der Waals surface area contributed by atoms with E-state index in [2.05, 4.69) is 5.32 Å². The molecule has 0 saturated carbocycles. The van der Waals surface area contributed by atoms with Gasteiger partial charge < -0.3 is 16.2 Å². The van der Waals surface area contributed by atoms with Gasteiger partial charge in [0.2, 0.25) is 5.91 Å². The number of amides is 1. The molecular weight excluding hydrogens is 276 g/mol. The van der Waals surface area contributed by atoms with E-state index in [1.54, 1.807) is 36.0 Å². The number of nitrogens with two attached hydrogens (primary N) is 1. The largest absolute Gasteiger partial charge is 0.481 e. The number of benzene rings is 1. The van der Waals surface area contributed by atoms with Gasteiger partial charge in [0.05, 0.1) is 12.0 Å². The van der Waals surface area contributed by atoms with E-state index in [4.69, 9.17) is 5.73 Å². The van der Waals surface area contributed by atoms with Crippen LogP contribution in [0, 0.1) is 0 Å². The van der Waals surface area contributed by atoms with Gasteiger partial charge in [0.25, 0.3) is 0 Å². The molecule has 0 aliphatic rings. The lowest BCUT2D eigenvalue weighted by Gasteiger charge is -2.16. The summed E-state index contributed by atoms with van der Waals surface area (Å²) >= 11 is 1.62. The lowest BCUT2D eigenvalue weighted by atomic mass is 9.99. The van der Waals surface area contributed by atoms with Crippen molar-refractivity contribution in [2.75, 3.05) is 18.6 Å². The maximum atomic E-state index is 11.8. The molecule has 6 heteroatoms. The van der Waals surface area contributed by atoms with E-state index < -0.39 is 17.9 Å². The van der Waals surface area contributed by atoms with Crippen molar-refractivity contribution < 1.29 is 14.7 Å². The zero-order valence-corrected chi connectivity index (χ0v) is 12.2. The van der Waals surface area contributed by atoms with Crippen molar-refractivity contribution in [2.24, 2.45) is 5.73 Å². The van der Waals surface area contributed by atoms with E-state index >= 15 is 0 Å². The molecule has 0 fully saturated rings. The fraction of sp³-hybridized carbons (Fsp3) is 0.429. The number of carboxylic acid groups (broad SMARTS) is 1. The number of thioether (sulfide) groups is 1. The molecule has 1 aromatic carbocycles. The van der Waals surface area contributed by atoms with Gasteiger partial charge in [-0.1, -0.05) is 30.3 Å². The monoisotopic (exact) mass is 296 g/mol. The van der Waals surface area contributed by atoms with Crippen molar-refractivity contribution in [1.29, 1.82) is 0 Å². The van der Waals surface area contributed by atoms with E-state index in [1.807, 2.05) is 12.3 Å². The third-order valence-corrected chi connectivity index (χ3v) is 3.59. The summed E-state index contributed by atoms with van der Waals surface area (Å²) in [7, 11) is 0. The zero-order valence-electron chi connectivity index (χ0n) is 11.4. The Bertz CT molecular complexity index is 439. The normalized spacial score (nSPS) is 13.5. The molecule has 1 rings (SSSR count). The van der Waals surface area contributed by atoms with Gasteiger partial charge >= 0.3 is 5.97 Å². The highest BCUT2D eigenvalue weighted by atomic mass is 32.2. The molecule has 110 valence electrons. The van der Waals surface area contributed by atoms with Gasteiger partial charge in [-0.15, -0.1) is 0 Å². The van der Waals surface area contributed by atoms with Crippen molar-refractivity contribution in [3.8, 4) is 0 Å². The predicted octanol–water partition coefficient (Wildman–Crippen LogP) is 1.05. The summed E-state index contributed by atoms with van der Waals surface area (Å²) in [4.78, 5) is 23.0. The lowest BCUT2D eigenvalue weighted by Crippen LogP contribution is -2.43. The molecule has 4 N–H and O–H groups in total. The number of rotatable bonds is 8. The first kappa shape index (κ1) is 16.5. The molecule has 0 aliphatic heterocycles. The predicted molar refractivity (Wildman–Crippen MR) is 80.8 cm³/mol. The van der Waals surface area contributed by atoms with Gasteiger partial charge in [-0.25, -0.2) is 0 Å². The van der Waals surface area contributed by atoms with Crippen LogP contribution in [0.25, 0.3) is 0 Å². The molecule has 1 aromatic rings. The Morgan fingerprint density at radius 1 is 1.35 bits per heavy atom. The minimum atomic E-state index is -0.964. The first-order valence-corrected chi connectivity index (χ1v) is 7.75. The lowest BCUT2D eigenvalue weighted by molar-refractivity contribution is -0.138. The molecule has 20 heavy (non-hydrogen) atoms. The highest BCUT2D eigenvalue weighted by molar-refractivity contribution is 7.98. The van der Waals surface area contributed by atoms with Crippen molar-refractivity contribution in [3.05, 3.63) is 35.9 Å². The van der Waals surface area contributed by atoms with Crippen LogP contribution in [0.3, 0.4) is 0 Å². The number of hydrogen-bond donors (Lipinski definition) is 3. The molecule has 0 saturated heterocycles. The number of carbonyl (C=O) groups is 2. The summed E-state index contributed by atoms with van der Waals surface area (Å²) in [5.41, 5.74) is 6.40. The Labute approximate surface area is 122 Å². The second-order valence-corrected chi connectivity index (χ2v) is 5.42. The Morgan fingerprint density at radius 3 is 2.55 bits per heavy atom. The molecular formula is C14H20N2O3S. The van der Waals surface area contributed by atoms with Gasteiger partial charge in [0.1, 0.15) is 0 Å². The SMILES string of the molecule is CSCC[C@@H](N)C(=O)NCC(C(=O)O)c1ccccc1. The summed E-state index contributed by atoms with van der Waals surface area (Å²) in [5.74, 6) is -1.22. The second-order valence-electron chi connectivity index (χ2n) is 4.43. The van der Waals surface area contributed by atoms with E-state index in [1.165, 1.54) is 0 Å². The van der Waals surface area contributed by atoms with Crippen LogP contribution in [-0.4, -0.2) is 41.6 Å². The summed E-state index contributed by atoms with van der Waals surface area (Å²) < 4.78 is 0. The number of aliphatic carboxylic acids is 1. The fourth-order valence-corrected chi connectivity index (χ4v) is 2.23. The summed E-state index contributed by atoms with van der Waals surface area (Å²) in [6, 6.07) is 8.25. The molecule has 0 heterocycles. The molecule has 0 bridgehead atoms. The minimum Gasteiger partial charge on any atom is -0.481 e. The fourth-order valence-electron chi connectivity index (χ4n) is 1.74. The molecule has 0 aromatic heterocycles. The quantitative estimate of drug-likeness (QED) is 0.667. The van der Waals surface area contributed by atoms with Crippen molar-refractivity contribution >= 4 is 23.6 Å². The highest BCUT2D eigenvalue weighted by Gasteiger charge is 2.21. The van der Waals surface area contributed by atoms with Crippen LogP contribution in [0.1, 0.15) is 17.9 Å². The van der Waals surface area contributed by atoms with Crippen molar-refractivity contribution in [2.45, 2.75) is 18.4 Å². The van der Waals surface area contributed by atoms with Gasteiger partial charge in [0, 0.05) is 6.54 Å². The second kappa shape index (κ2) is 8.60. The van der Waals surface area contributed by atoms with Crippen LogP contribution in [0.5, 0.6) is 0 Å². The average Bonchev–Trinajstić information content (AvgIpc) is 2.45. The maximum absolute atomic E-state index is 11.8. The van der Waals surface area contributed by atoms with Crippen LogP contribution in [0.2, 0.25) is 0 Å². The standard InChI is InChI=1S/C14H20N2O3S/c1-20-8-7-12(15)13(17)16-9-11(14(18)19)10-5-3-2-4-6-10/h2-6,11-12H,7-9,15H2,1H3,(H,16,17)(H,18,19)/t11?,12-/m1/s1. The Morgan fingerprint density at radius 2 is 2.00 bits per heavy atom. The van der Waals surface area contributed by atoms with E-state index in [0.29, 0.717) is 12.0 Å². The van der Waals surface area contributed by atoms with E-state index in [0.717, 1.165) is 5.75 Å². The minimum absolute atomic E-state index is 0.0468.